The van der Waals surface area contributed by atoms with Gasteiger partial charge < -0.3 is 14.8 Å². The smallest absolute Gasteiger partial charge is 0.262 e. The molecule has 0 saturated heterocycles. The maximum atomic E-state index is 12.5. The van der Waals surface area contributed by atoms with Gasteiger partial charge in [-0.05, 0) is 66.9 Å². The van der Waals surface area contributed by atoms with Crippen molar-refractivity contribution < 1.29 is 27.5 Å². The van der Waals surface area contributed by atoms with Crippen LogP contribution < -0.4 is 24.5 Å². The first kappa shape index (κ1) is 28.2. The number of methoxy groups -OCH3 is 1. The van der Waals surface area contributed by atoms with Crippen molar-refractivity contribution in [3.05, 3.63) is 83.4 Å². The number of ether oxygens (including phenoxy) is 2. The first-order valence-electron chi connectivity index (χ1n) is 11.6. The number of para-hydroxylation sites is 3. The molecule has 0 fully saturated rings. The van der Waals surface area contributed by atoms with E-state index >= 15 is 0 Å². The summed E-state index contributed by atoms with van der Waals surface area (Å²) in [7, 11) is -2.18. The number of rotatable bonds is 11. The van der Waals surface area contributed by atoms with E-state index in [0.29, 0.717) is 28.4 Å². The van der Waals surface area contributed by atoms with Crippen LogP contribution in [0.15, 0.2) is 71.8 Å². The third kappa shape index (κ3) is 7.81. The van der Waals surface area contributed by atoms with Crippen LogP contribution in [0.1, 0.15) is 16.7 Å². The molecule has 0 spiro atoms. The molecule has 11 heteroatoms. The van der Waals surface area contributed by atoms with E-state index in [1.54, 1.807) is 74.5 Å². The average molecular weight is 539 g/mol. The second-order valence-electron chi connectivity index (χ2n) is 8.41. The van der Waals surface area contributed by atoms with Crippen LogP contribution in [-0.4, -0.2) is 53.0 Å². The number of hydrazone groups is 1. The summed E-state index contributed by atoms with van der Waals surface area (Å²) < 4.78 is 36.6. The number of amides is 2. The predicted octanol–water partition coefficient (Wildman–Crippen LogP) is 3.25. The topological polar surface area (TPSA) is 126 Å². The van der Waals surface area contributed by atoms with Crippen LogP contribution in [0.4, 0.5) is 11.4 Å². The number of benzene rings is 3. The van der Waals surface area contributed by atoms with Gasteiger partial charge in [0.1, 0.15) is 18.0 Å². The number of aryl methyl sites for hydroxylation is 2. The number of hydrogen-bond acceptors (Lipinski definition) is 7. The Balaban J connectivity index is 1.53. The molecule has 0 aromatic heterocycles. The molecule has 10 nitrogen and oxygen atoms in total. The maximum Gasteiger partial charge on any atom is 0.262 e. The Kier molecular flexibility index (Phi) is 9.44. The fourth-order valence-corrected chi connectivity index (χ4v) is 4.61. The van der Waals surface area contributed by atoms with Crippen LogP contribution in [-0.2, 0) is 19.6 Å². The Morgan fingerprint density at radius 3 is 2.24 bits per heavy atom. The Hall–Kier alpha value is -4.38. The van der Waals surface area contributed by atoms with Gasteiger partial charge >= 0.3 is 0 Å². The minimum absolute atomic E-state index is 0.196. The standard InChI is InChI=1S/C27H30N4O6S/c1-19-8-7-9-20(2)27(19)31(38(4,34)35)17-25(32)30-28-16-21-12-14-22(15-13-21)37-18-26(33)29-23-10-5-6-11-24(23)36-3/h5-16H,17-18H2,1-4H3,(H,29,33)(H,30,32)/b28-16-. The van der Waals surface area contributed by atoms with Crippen LogP contribution >= 0.6 is 0 Å². The van der Waals surface area contributed by atoms with E-state index in [1.165, 1.54) is 13.3 Å². The highest BCUT2D eigenvalue weighted by Crippen LogP contribution is 2.26. The molecular formula is C27H30N4O6S. The summed E-state index contributed by atoms with van der Waals surface area (Å²) in [6, 6.07) is 19.2. The molecule has 3 rings (SSSR count). The largest absolute Gasteiger partial charge is 0.495 e. The van der Waals surface area contributed by atoms with Crippen molar-refractivity contribution in [2.45, 2.75) is 13.8 Å². The number of hydrogen-bond donors (Lipinski definition) is 2. The predicted molar refractivity (Wildman–Crippen MR) is 147 cm³/mol. The molecule has 0 saturated carbocycles. The summed E-state index contributed by atoms with van der Waals surface area (Å²) >= 11 is 0. The Labute approximate surface area is 222 Å². The zero-order chi connectivity index (χ0) is 27.7. The van der Waals surface area contributed by atoms with Gasteiger partial charge in [-0.25, -0.2) is 13.8 Å². The fourth-order valence-electron chi connectivity index (χ4n) is 3.64. The molecule has 3 aromatic carbocycles. The van der Waals surface area contributed by atoms with E-state index in [-0.39, 0.29) is 12.5 Å². The van der Waals surface area contributed by atoms with E-state index in [4.69, 9.17) is 9.47 Å². The summed E-state index contributed by atoms with van der Waals surface area (Å²) in [5.74, 6) is 0.0897. The number of anilines is 2. The lowest BCUT2D eigenvalue weighted by atomic mass is 10.1. The van der Waals surface area contributed by atoms with Crippen molar-refractivity contribution in [1.82, 2.24) is 5.43 Å². The third-order valence-corrected chi connectivity index (χ3v) is 6.52. The lowest BCUT2D eigenvalue weighted by Gasteiger charge is -2.25. The van der Waals surface area contributed by atoms with Crippen molar-refractivity contribution in [3.63, 3.8) is 0 Å². The second-order valence-corrected chi connectivity index (χ2v) is 10.3. The molecule has 0 aliphatic heterocycles. The quantitative estimate of drug-likeness (QED) is 0.285. The molecule has 0 aliphatic rings. The first-order chi connectivity index (χ1) is 18.1. The summed E-state index contributed by atoms with van der Waals surface area (Å²) in [6.45, 7) is 2.97. The number of sulfonamides is 1. The normalized spacial score (nSPS) is 11.2. The number of carbonyl (C=O) groups is 2. The molecule has 0 heterocycles. The zero-order valence-corrected chi connectivity index (χ0v) is 22.4. The molecule has 0 atom stereocenters. The summed E-state index contributed by atoms with van der Waals surface area (Å²) in [4.78, 5) is 24.7. The molecule has 200 valence electrons. The van der Waals surface area contributed by atoms with Gasteiger partial charge in [-0.15, -0.1) is 0 Å². The van der Waals surface area contributed by atoms with Gasteiger partial charge in [-0.3, -0.25) is 13.9 Å². The van der Waals surface area contributed by atoms with E-state index < -0.39 is 22.5 Å². The van der Waals surface area contributed by atoms with Crippen molar-refractivity contribution >= 4 is 39.4 Å². The SMILES string of the molecule is COc1ccccc1NC(=O)COc1ccc(/C=N\NC(=O)CN(c2c(C)cccc2C)S(C)(=O)=O)cc1. The molecule has 2 N–H and O–H groups in total. The molecule has 0 bridgehead atoms. The van der Waals surface area contributed by atoms with Gasteiger partial charge in [-0.1, -0.05) is 30.3 Å². The van der Waals surface area contributed by atoms with Gasteiger partial charge in [0.15, 0.2) is 6.61 Å². The Bertz CT molecular complexity index is 1400. The number of nitrogens with zero attached hydrogens (tertiary/aromatic N) is 2. The number of nitrogens with one attached hydrogen (secondary N) is 2. The van der Waals surface area contributed by atoms with Crippen molar-refractivity contribution in [2.24, 2.45) is 5.10 Å². The molecule has 2 amide bonds. The van der Waals surface area contributed by atoms with E-state index in [9.17, 15) is 18.0 Å². The Morgan fingerprint density at radius 1 is 0.947 bits per heavy atom. The summed E-state index contributed by atoms with van der Waals surface area (Å²) in [5, 5.41) is 6.65. The highest BCUT2D eigenvalue weighted by Gasteiger charge is 2.23. The van der Waals surface area contributed by atoms with E-state index in [0.717, 1.165) is 21.7 Å². The van der Waals surface area contributed by atoms with Gasteiger partial charge in [0.05, 0.1) is 31.0 Å². The lowest BCUT2D eigenvalue weighted by Crippen LogP contribution is -2.39. The average Bonchev–Trinajstić information content (AvgIpc) is 2.87. The summed E-state index contributed by atoms with van der Waals surface area (Å²) in [6.07, 6.45) is 2.47. The van der Waals surface area contributed by atoms with Gasteiger partial charge in [0.2, 0.25) is 10.0 Å². The van der Waals surface area contributed by atoms with Crippen LogP contribution in [0.25, 0.3) is 0 Å². The lowest BCUT2D eigenvalue weighted by molar-refractivity contribution is -0.119. The van der Waals surface area contributed by atoms with E-state index in [1.807, 2.05) is 6.07 Å². The van der Waals surface area contributed by atoms with Gasteiger partial charge in [0, 0.05) is 0 Å². The number of carbonyl (C=O) groups excluding carboxylic acids is 2. The molecule has 0 radical (unpaired) electrons. The fraction of sp³-hybridized carbons (Fsp3) is 0.222. The highest BCUT2D eigenvalue weighted by molar-refractivity contribution is 7.92. The minimum atomic E-state index is -3.70. The van der Waals surface area contributed by atoms with Gasteiger partial charge in [0.25, 0.3) is 11.8 Å². The van der Waals surface area contributed by atoms with Gasteiger partial charge in [-0.2, -0.15) is 5.10 Å². The Morgan fingerprint density at radius 2 is 1.61 bits per heavy atom. The van der Waals surface area contributed by atoms with Crippen LogP contribution in [0, 0.1) is 13.8 Å². The first-order valence-corrected chi connectivity index (χ1v) is 13.4. The summed E-state index contributed by atoms with van der Waals surface area (Å²) in [5.41, 5.74) is 5.52. The highest BCUT2D eigenvalue weighted by atomic mass is 32.2. The van der Waals surface area contributed by atoms with E-state index in [2.05, 4.69) is 15.8 Å². The third-order valence-electron chi connectivity index (χ3n) is 5.41. The molecule has 38 heavy (non-hydrogen) atoms. The molecule has 3 aromatic rings. The molecule has 0 unspecified atom stereocenters. The zero-order valence-electron chi connectivity index (χ0n) is 21.6. The molecule has 0 aliphatic carbocycles. The van der Waals surface area contributed by atoms with Crippen molar-refractivity contribution in [3.8, 4) is 11.5 Å². The maximum absolute atomic E-state index is 12.5. The minimum Gasteiger partial charge on any atom is -0.495 e. The van der Waals surface area contributed by atoms with Crippen LogP contribution in [0.5, 0.6) is 11.5 Å². The van der Waals surface area contributed by atoms with Crippen molar-refractivity contribution in [1.29, 1.82) is 0 Å². The monoisotopic (exact) mass is 538 g/mol. The van der Waals surface area contributed by atoms with Crippen LogP contribution in [0.3, 0.4) is 0 Å². The van der Waals surface area contributed by atoms with Crippen molar-refractivity contribution in [2.75, 3.05) is 36.1 Å². The molecular weight excluding hydrogens is 508 g/mol. The van der Waals surface area contributed by atoms with Crippen LogP contribution in [0.2, 0.25) is 0 Å². The second kappa shape index (κ2) is 12.7.